The van der Waals surface area contributed by atoms with Gasteiger partial charge in [-0.3, -0.25) is 0 Å². The Morgan fingerprint density at radius 3 is 2.58 bits per heavy atom. The molecule has 0 bridgehead atoms. The maximum Gasteiger partial charge on any atom is 0.0671 e. The Labute approximate surface area is 128 Å². The molecule has 1 N–H and O–H groups in total. The van der Waals surface area contributed by atoms with E-state index in [0.717, 1.165) is 13.0 Å². The summed E-state index contributed by atoms with van der Waals surface area (Å²) in [6, 6.07) is 9.27. The molecule has 1 heterocycles. The first-order valence-electron chi connectivity index (χ1n) is 6.66. The molecule has 0 saturated carbocycles. The van der Waals surface area contributed by atoms with Crippen LogP contribution in [0.3, 0.4) is 0 Å². The van der Waals surface area contributed by atoms with Crippen molar-refractivity contribution in [2.45, 2.75) is 33.2 Å². The van der Waals surface area contributed by atoms with E-state index in [-0.39, 0.29) is 0 Å². The first kappa shape index (κ1) is 14.8. The molecule has 0 aliphatic heterocycles. The Kier molecular flexibility index (Phi) is 5.20. The number of hydrogen-bond acceptors (Lipinski definition) is 2. The van der Waals surface area contributed by atoms with Crippen molar-refractivity contribution >= 4 is 27.3 Å². The Morgan fingerprint density at radius 2 is 2.00 bits per heavy atom. The van der Waals surface area contributed by atoms with E-state index in [1.54, 1.807) is 11.3 Å². The molecular weight excluding hydrogens is 318 g/mol. The third-order valence-corrected chi connectivity index (χ3v) is 5.09. The quantitative estimate of drug-likeness (QED) is 0.788. The summed E-state index contributed by atoms with van der Waals surface area (Å²) >= 11 is 5.35. The molecule has 0 saturated heterocycles. The summed E-state index contributed by atoms with van der Waals surface area (Å²) in [5, 5.41) is 5.80. The van der Waals surface area contributed by atoms with E-state index in [0.29, 0.717) is 6.04 Å². The van der Waals surface area contributed by atoms with Crippen LogP contribution in [0, 0.1) is 13.8 Å². The van der Waals surface area contributed by atoms with Gasteiger partial charge in [-0.1, -0.05) is 25.1 Å². The molecular formula is C16H20BrNS. The van der Waals surface area contributed by atoms with Gasteiger partial charge in [0.25, 0.3) is 0 Å². The molecule has 0 spiro atoms. The maximum atomic E-state index is 3.65. The number of rotatable bonds is 5. The molecule has 19 heavy (non-hydrogen) atoms. The zero-order valence-electron chi connectivity index (χ0n) is 11.7. The van der Waals surface area contributed by atoms with Gasteiger partial charge in [0.1, 0.15) is 0 Å². The topological polar surface area (TPSA) is 12.0 Å². The first-order chi connectivity index (χ1) is 9.11. The van der Waals surface area contributed by atoms with E-state index >= 15 is 0 Å². The average Bonchev–Trinajstić information content (AvgIpc) is 2.80. The fourth-order valence-corrected chi connectivity index (χ4v) is 3.64. The predicted octanol–water partition coefficient (Wildman–Crippen LogP) is 5.22. The van der Waals surface area contributed by atoms with Gasteiger partial charge < -0.3 is 5.32 Å². The van der Waals surface area contributed by atoms with Crippen LogP contribution in [-0.2, 0) is 0 Å². The summed E-state index contributed by atoms with van der Waals surface area (Å²) in [7, 11) is 0. The van der Waals surface area contributed by atoms with E-state index in [1.165, 1.54) is 26.0 Å². The maximum absolute atomic E-state index is 3.65. The minimum atomic E-state index is 0.301. The average molecular weight is 338 g/mol. The van der Waals surface area contributed by atoms with Gasteiger partial charge in [0.2, 0.25) is 0 Å². The minimum Gasteiger partial charge on any atom is -0.306 e. The Hall–Kier alpha value is -0.640. The van der Waals surface area contributed by atoms with E-state index < -0.39 is 0 Å². The standard InChI is InChI=1S/C16H20BrNS/c1-4-7-18-16(15-9-14(17)10-19-15)13-6-5-11(2)12(3)8-13/h5-6,8-10,16,18H,4,7H2,1-3H3. The number of halogens is 1. The molecule has 3 heteroatoms. The lowest BCUT2D eigenvalue weighted by Gasteiger charge is -2.18. The number of hydrogen-bond donors (Lipinski definition) is 1. The molecule has 2 aromatic rings. The van der Waals surface area contributed by atoms with Gasteiger partial charge in [0.05, 0.1) is 6.04 Å². The highest BCUT2D eigenvalue weighted by molar-refractivity contribution is 9.10. The van der Waals surface area contributed by atoms with E-state index in [1.807, 2.05) is 0 Å². The van der Waals surface area contributed by atoms with Crippen LogP contribution < -0.4 is 5.32 Å². The number of benzene rings is 1. The highest BCUT2D eigenvalue weighted by Crippen LogP contribution is 2.30. The van der Waals surface area contributed by atoms with Crippen LogP contribution in [-0.4, -0.2) is 6.54 Å². The second-order valence-corrected chi connectivity index (χ2v) is 6.76. The molecule has 1 nitrogen and oxygen atoms in total. The van der Waals surface area contributed by atoms with Crippen molar-refractivity contribution in [3.63, 3.8) is 0 Å². The molecule has 0 amide bonds. The van der Waals surface area contributed by atoms with Crippen molar-refractivity contribution in [3.8, 4) is 0 Å². The minimum absolute atomic E-state index is 0.301. The van der Waals surface area contributed by atoms with Crippen LogP contribution in [0.2, 0.25) is 0 Å². The second kappa shape index (κ2) is 6.69. The van der Waals surface area contributed by atoms with Crippen LogP contribution >= 0.6 is 27.3 Å². The molecule has 0 aliphatic carbocycles. The van der Waals surface area contributed by atoms with Crippen LogP contribution in [0.25, 0.3) is 0 Å². The smallest absolute Gasteiger partial charge is 0.0671 e. The van der Waals surface area contributed by atoms with Crippen molar-refractivity contribution < 1.29 is 0 Å². The molecule has 1 unspecified atom stereocenters. The molecule has 1 aromatic heterocycles. The number of aryl methyl sites for hydroxylation is 2. The zero-order valence-corrected chi connectivity index (χ0v) is 14.1. The number of thiophene rings is 1. The van der Waals surface area contributed by atoms with Gasteiger partial charge in [-0.15, -0.1) is 11.3 Å². The highest BCUT2D eigenvalue weighted by Gasteiger charge is 2.15. The largest absolute Gasteiger partial charge is 0.306 e. The summed E-state index contributed by atoms with van der Waals surface area (Å²) in [6.45, 7) is 7.58. The normalized spacial score (nSPS) is 12.6. The lowest BCUT2D eigenvalue weighted by Crippen LogP contribution is -2.22. The van der Waals surface area contributed by atoms with E-state index in [2.05, 4.69) is 71.7 Å². The lowest BCUT2D eigenvalue weighted by molar-refractivity contribution is 0.605. The highest BCUT2D eigenvalue weighted by atomic mass is 79.9. The molecule has 0 aliphatic rings. The number of nitrogens with one attached hydrogen (secondary N) is 1. The molecule has 1 atom stereocenters. The van der Waals surface area contributed by atoms with Crippen LogP contribution in [0.1, 0.15) is 41.0 Å². The van der Waals surface area contributed by atoms with Gasteiger partial charge >= 0.3 is 0 Å². The Bertz CT molecular complexity index is 547. The summed E-state index contributed by atoms with van der Waals surface area (Å²) in [5.74, 6) is 0. The van der Waals surface area contributed by atoms with Crippen molar-refractivity contribution in [3.05, 3.63) is 55.7 Å². The van der Waals surface area contributed by atoms with E-state index in [9.17, 15) is 0 Å². The zero-order chi connectivity index (χ0) is 13.8. The monoisotopic (exact) mass is 337 g/mol. The summed E-state index contributed by atoms with van der Waals surface area (Å²) in [4.78, 5) is 1.36. The van der Waals surface area contributed by atoms with Crippen molar-refractivity contribution in [1.29, 1.82) is 0 Å². The molecule has 0 radical (unpaired) electrons. The lowest BCUT2D eigenvalue weighted by atomic mass is 10.00. The predicted molar refractivity (Wildman–Crippen MR) is 88.1 cm³/mol. The summed E-state index contributed by atoms with van der Waals surface area (Å²) < 4.78 is 1.17. The van der Waals surface area contributed by atoms with Gasteiger partial charge in [-0.25, -0.2) is 0 Å². The van der Waals surface area contributed by atoms with Crippen LogP contribution in [0.15, 0.2) is 34.1 Å². The van der Waals surface area contributed by atoms with Gasteiger partial charge in [-0.05, 0) is 65.5 Å². The fourth-order valence-electron chi connectivity index (χ4n) is 2.10. The summed E-state index contributed by atoms with van der Waals surface area (Å²) in [5.41, 5.74) is 4.06. The molecule has 0 fully saturated rings. The first-order valence-corrected chi connectivity index (χ1v) is 8.33. The molecule has 102 valence electrons. The fraction of sp³-hybridized carbons (Fsp3) is 0.375. The van der Waals surface area contributed by atoms with Crippen molar-refractivity contribution in [1.82, 2.24) is 5.32 Å². The van der Waals surface area contributed by atoms with Gasteiger partial charge in [-0.2, -0.15) is 0 Å². The van der Waals surface area contributed by atoms with Crippen molar-refractivity contribution in [2.24, 2.45) is 0 Å². The Balaban J connectivity index is 2.33. The third kappa shape index (κ3) is 3.68. The van der Waals surface area contributed by atoms with Gasteiger partial charge in [0, 0.05) is 14.7 Å². The molecule has 2 rings (SSSR count). The van der Waals surface area contributed by atoms with Gasteiger partial charge in [0.15, 0.2) is 0 Å². The SMILES string of the molecule is CCCNC(c1ccc(C)c(C)c1)c1cc(Br)cs1. The Morgan fingerprint density at radius 1 is 1.21 bits per heavy atom. The third-order valence-electron chi connectivity index (χ3n) is 3.34. The van der Waals surface area contributed by atoms with Crippen LogP contribution in [0.4, 0.5) is 0 Å². The van der Waals surface area contributed by atoms with E-state index in [4.69, 9.17) is 0 Å². The second-order valence-electron chi connectivity index (χ2n) is 4.90. The van der Waals surface area contributed by atoms with Crippen LogP contribution in [0.5, 0.6) is 0 Å². The van der Waals surface area contributed by atoms with Crippen molar-refractivity contribution in [2.75, 3.05) is 6.54 Å². The molecule has 1 aromatic carbocycles. The summed E-state index contributed by atoms with van der Waals surface area (Å²) in [6.07, 6.45) is 1.15.